The number of nitrogens with zero attached hydrogens (tertiary/aromatic N) is 2. The van der Waals surface area contributed by atoms with Gasteiger partial charge in [-0.2, -0.15) is 0 Å². The van der Waals surface area contributed by atoms with Crippen molar-refractivity contribution < 1.29 is 4.79 Å². The smallest absolute Gasteiger partial charge is 0.242 e. The zero-order valence-corrected chi connectivity index (χ0v) is 8.86. The lowest BCUT2D eigenvalue weighted by molar-refractivity contribution is -0.123. The number of amides is 1. The molecule has 2 rings (SSSR count). The van der Waals surface area contributed by atoms with E-state index in [9.17, 15) is 4.79 Å². The number of anilines is 1. The molecular formula is C10H16N4O. The Kier molecular flexibility index (Phi) is 2.89. The van der Waals surface area contributed by atoms with E-state index in [0.29, 0.717) is 0 Å². The lowest BCUT2D eigenvalue weighted by atomic mass is 10.1. The van der Waals surface area contributed by atoms with Gasteiger partial charge in [0.15, 0.2) is 0 Å². The van der Waals surface area contributed by atoms with Crippen LogP contribution in [-0.4, -0.2) is 28.0 Å². The van der Waals surface area contributed by atoms with Crippen LogP contribution in [0.2, 0.25) is 0 Å². The Bertz CT molecular complexity index is 347. The highest BCUT2D eigenvalue weighted by molar-refractivity contribution is 5.84. The van der Waals surface area contributed by atoms with Crippen molar-refractivity contribution in [2.75, 3.05) is 11.9 Å². The van der Waals surface area contributed by atoms with Gasteiger partial charge in [0, 0.05) is 25.5 Å². The number of aryl methyl sites for hydroxylation is 1. The van der Waals surface area contributed by atoms with Crippen LogP contribution in [-0.2, 0) is 11.3 Å². The van der Waals surface area contributed by atoms with Gasteiger partial charge in [-0.25, -0.2) is 4.98 Å². The zero-order valence-electron chi connectivity index (χ0n) is 8.86. The van der Waals surface area contributed by atoms with E-state index in [1.165, 1.54) is 0 Å². The molecule has 1 unspecified atom stereocenters. The molecule has 0 spiro atoms. The van der Waals surface area contributed by atoms with E-state index in [-0.39, 0.29) is 11.9 Å². The summed E-state index contributed by atoms with van der Waals surface area (Å²) in [5.74, 6) is 0.853. The van der Waals surface area contributed by atoms with Crippen LogP contribution in [0.3, 0.4) is 0 Å². The van der Waals surface area contributed by atoms with Crippen molar-refractivity contribution in [1.82, 2.24) is 14.9 Å². The summed E-state index contributed by atoms with van der Waals surface area (Å²) in [4.78, 5) is 15.7. The Balaban J connectivity index is 2.04. The third kappa shape index (κ3) is 2.11. The summed E-state index contributed by atoms with van der Waals surface area (Å²) >= 11 is 0. The average Bonchev–Trinajstić information content (AvgIpc) is 2.69. The fourth-order valence-electron chi connectivity index (χ4n) is 1.77. The summed E-state index contributed by atoms with van der Waals surface area (Å²) in [5, 5.41) is 6.01. The summed E-state index contributed by atoms with van der Waals surface area (Å²) in [5.41, 5.74) is 0. The fourth-order valence-corrected chi connectivity index (χ4v) is 1.77. The van der Waals surface area contributed by atoms with Crippen molar-refractivity contribution in [3.05, 3.63) is 12.4 Å². The number of carbonyl (C=O) groups is 1. The van der Waals surface area contributed by atoms with Crippen molar-refractivity contribution in [3.8, 4) is 0 Å². The molecule has 15 heavy (non-hydrogen) atoms. The Morgan fingerprint density at radius 2 is 2.60 bits per heavy atom. The highest BCUT2D eigenvalue weighted by Gasteiger charge is 2.22. The molecule has 1 fully saturated rings. The molecule has 0 bridgehead atoms. The minimum absolute atomic E-state index is 0.0758. The van der Waals surface area contributed by atoms with Crippen LogP contribution in [0.1, 0.15) is 19.8 Å². The summed E-state index contributed by atoms with van der Waals surface area (Å²) < 4.78 is 1.99. The number of hydrogen-bond donors (Lipinski definition) is 2. The van der Waals surface area contributed by atoms with Crippen molar-refractivity contribution in [3.63, 3.8) is 0 Å². The molecule has 1 aromatic rings. The van der Waals surface area contributed by atoms with E-state index in [2.05, 4.69) is 15.6 Å². The molecule has 1 amide bonds. The van der Waals surface area contributed by atoms with Crippen LogP contribution in [0.15, 0.2) is 12.4 Å². The minimum atomic E-state index is -0.133. The molecule has 82 valence electrons. The fraction of sp³-hybridized carbons (Fsp3) is 0.600. The van der Waals surface area contributed by atoms with Gasteiger partial charge >= 0.3 is 0 Å². The zero-order chi connectivity index (χ0) is 10.7. The molecule has 5 nitrogen and oxygen atoms in total. The first-order valence-electron chi connectivity index (χ1n) is 5.36. The number of piperidine rings is 1. The van der Waals surface area contributed by atoms with Crippen LogP contribution in [0.5, 0.6) is 0 Å². The minimum Gasteiger partial charge on any atom is -0.354 e. The second kappa shape index (κ2) is 4.33. The second-order valence-electron chi connectivity index (χ2n) is 3.67. The van der Waals surface area contributed by atoms with E-state index < -0.39 is 0 Å². The highest BCUT2D eigenvalue weighted by atomic mass is 16.2. The number of carbonyl (C=O) groups excluding carboxylic acids is 1. The summed E-state index contributed by atoms with van der Waals surface area (Å²) in [6.45, 7) is 3.70. The lowest BCUT2D eigenvalue weighted by Crippen LogP contribution is -2.44. The molecule has 2 heterocycles. The Morgan fingerprint density at radius 1 is 1.73 bits per heavy atom. The van der Waals surface area contributed by atoms with Gasteiger partial charge in [0.1, 0.15) is 6.04 Å². The first-order valence-corrected chi connectivity index (χ1v) is 5.36. The Morgan fingerprint density at radius 3 is 3.33 bits per heavy atom. The maximum atomic E-state index is 11.5. The molecule has 1 saturated heterocycles. The Hall–Kier alpha value is -1.52. The third-order valence-electron chi connectivity index (χ3n) is 2.64. The molecule has 0 aliphatic carbocycles. The molecule has 1 aliphatic heterocycles. The van der Waals surface area contributed by atoms with Gasteiger partial charge in [0.05, 0.1) is 0 Å². The maximum absolute atomic E-state index is 11.5. The van der Waals surface area contributed by atoms with E-state index in [0.717, 1.165) is 31.9 Å². The molecule has 1 aromatic heterocycles. The molecule has 5 heteroatoms. The topological polar surface area (TPSA) is 59.0 Å². The van der Waals surface area contributed by atoms with Crippen molar-refractivity contribution in [1.29, 1.82) is 0 Å². The SMILES string of the molecule is CCn1ccnc1NC1CCCNC1=O. The number of imidazole rings is 1. The van der Waals surface area contributed by atoms with Gasteiger partial charge in [0.25, 0.3) is 0 Å². The maximum Gasteiger partial charge on any atom is 0.242 e. The molecule has 2 N–H and O–H groups in total. The van der Waals surface area contributed by atoms with Crippen LogP contribution < -0.4 is 10.6 Å². The molecule has 0 aromatic carbocycles. The molecule has 0 radical (unpaired) electrons. The monoisotopic (exact) mass is 208 g/mol. The first kappa shape index (κ1) is 10.0. The van der Waals surface area contributed by atoms with Gasteiger partial charge in [-0.1, -0.05) is 0 Å². The first-order chi connectivity index (χ1) is 7.31. The van der Waals surface area contributed by atoms with Gasteiger partial charge in [-0.3, -0.25) is 4.79 Å². The van der Waals surface area contributed by atoms with Crippen molar-refractivity contribution >= 4 is 11.9 Å². The van der Waals surface area contributed by atoms with Crippen molar-refractivity contribution in [2.24, 2.45) is 0 Å². The summed E-state index contributed by atoms with van der Waals surface area (Å²) in [6, 6.07) is -0.133. The predicted octanol–water partition coefficient (Wildman–Crippen LogP) is 0.593. The van der Waals surface area contributed by atoms with Crippen LogP contribution in [0, 0.1) is 0 Å². The average molecular weight is 208 g/mol. The normalized spacial score (nSPS) is 21.1. The molecule has 1 aliphatic rings. The molecular weight excluding hydrogens is 192 g/mol. The predicted molar refractivity (Wildman–Crippen MR) is 57.6 cm³/mol. The lowest BCUT2D eigenvalue weighted by Gasteiger charge is -2.23. The largest absolute Gasteiger partial charge is 0.354 e. The molecule has 1 atom stereocenters. The van der Waals surface area contributed by atoms with Crippen LogP contribution in [0.4, 0.5) is 5.95 Å². The van der Waals surface area contributed by atoms with Crippen LogP contribution >= 0.6 is 0 Å². The van der Waals surface area contributed by atoms with E-state index in [1.807, 2.05) is 17.7 Å². The van der Waals surface area contributed by atoms with Crippen molar-refractivity contribution in [2.45, 2.75) is 32.4 Å². The quantitative estimate of drug-likeness (QED) is 0.764. The van der Waals surface area contributed by atoms with Gasteiger partial charge in [0.2, 0.25) is 11.9 Å². The van der Waals surface area contributed by atoms with Gasteiger partial charge in [-0.15, -0.1) is 0 Å². The van der Waals surface area contributed by atoms with Gasteiger partial charge in [-0.05, 0) is 19.8 Å². The number of rotatable bonds is 3. The van der Waals surface area contributed by atoms with E-state index >= 15 is 0 Å². The highest BCUT2D eigenvalue weighted by Crippen LogP contribution is 2.11. The second-order valence-corrected chi connectivity index (χ2v) is 3.67. The van der Waals surface area contributed by atoms with Gasteiger partial charge < -0.3 is 15.2 Å². The standard InChI is InChI=1S/C10H16N4O/c1-2-14-7-6-12-10(14)13-8-4-3-5-11-9(8)15/h6-8H,2-5H2,1H3,(H,11,15)(H,12,13). The summed E-state index contributed by atoms with van der Waals surface area (Å²) in [6.07, 6.45) is 5.55. The van der Waals surface area contributed by atoms with Crippen LogP contribution in [0.25, 0.3) is 0 Å². The third-order valence-corrected chi connectivity index (χ3v) is 2.64. The number of aromatic nitrogens is 2. The summed E-state index contributed by atoms with van der Waals surface area (Å²) in [7, 11) is 0. The molecule has 0 saturated carbocycles. The van der Waals surface area contributed by atoms with E-state index in [1.54, 1.807) is 6.20 Å². The van der Waals surface area contributed by atoms with E-state index in [4.69, 9.17) is 0 Å². The number of nitrogens with one attached hydrogen (secondary N) is 2. The number of hydrogen-bond acceptors (Lipinski definition) is 3. The Labute approximate surface area is 88.9 Å².